The Balaban J connectivity index is 1.87. The van der Waals surface area contributed by atoms with Crippen molar-refractivity contribution in [1.82, 2.24) is 9.88 Å². The summed E-state index contributed by atoms with van der Waals surface area (Å²) in [6.45, 7) is 14.1. The molecule has 1 atom stereocenters. The van der Waals surface area contributed by atoms with Gasteiger partial charge in [0.2, 0.25) is 0 Å². The molecule has 0 saturated carbocycles. The van der Waals surface area contributed by atoms with Crippen LogP contribution in [0.25, 0.3) is 28.3 Å². The zero-order chi connectivity index (χ0) is 39.1. The van der Waals surface area contributed by atoms with E-state index in [0.29, 0.717) is 33.7 Å². The number of rotatable bonds is 15. The number of methoxy groups -OCH3 is 2. The van der Waals surface area contributed by atoms with Gasteiger partial charge in [-0.05, 0) is 73.5 Å². The molecular formula is C42H50F2N2O6Si. The lowest BCUT2D eigenvalue weighted by Gasteiger charge is -2.39. The number of benzene rings is 3. The molecule has 0 saturated heterocycles. The minimum atomic E-state index is -2.37. The second-order valence-electron chi connectivity index (χ2n) is 14.7. The number of hydrogen-bond acceptors (Lipinski definition) is 6. The molecule has 0 spiro atoms. The molecule has 0 fully saturated rings. The molecule has 1 heterocycles. The highest BCUT2D eigenvalue weighted by Crippen LogP contribution is 2.43. The topological polar surface area (TPSA) is 95.9 Å². The molecule has 1 amide bonds. The quantitative estimate of drug-likeness (QED) is 0.0740. The largest absolute Gasteiger partial charge is 0.497 e. The maximum Gasteiger partial charge on any atom is 0.308 e. The van der Waals surface area contributed by atoms with Crippen molar-refractivity contribution in [3.05, 3.63) is 107 Å². The van der Waals surface area contributed by atoms with Gasteiger partial charge in [-0.3, -0.25) is 14.4 Å². The van der Waals surface area contributed by atoms with E-state index in [4.69, 9.17) is 13.9 Å². The van der Waals surface area contributed by atoms with Crippen molar-refractivity contribution in [2.45, 2.75) is 84.3 Å². The highest BCUT2D eigenvalue weighted by Gasteiger charge is 2.40. The van der Waals surface area contributed by atoms with E-state index in [-0.39, 0.29) is 47.5 Å². The van der Waals surface area contributed by atoms with E-state index in [1.807, 2.05) is 48.7 Å². The molecule has 3 aromatic carbocycles. The molecule has 4 aromatic rings. The van der Waals surface area contributed by atoms with Gasteiger partial charge in [-0.15, -0.1) is 0 Å². The third-order valence-electron chi connectivity index (χ3n) is 9.62. The summed E-state index contributed by atoms with van der Waals surface area (Å²) in [6.07, 6.45) is 2.24. The lowest BCUT2D eigenvalue weighted by Crippen LogP contribution is -2.44. The number of aromatic nitrogens is 1. The van der Waals surface area contributed by atoms with Gasteiger partial charge in [0.15, 0.2) is 14.1 Å². The van der Waals surface area contributed by atoms with E-state index >= 15 is 0 Å². The van der Waals surface area contributed by atoms with Gasteiger partial charge >= 0.3 is 5.97 Å². The van der Waals surface area contributed by atoms with Crippen molar-refractivity contribution in [2.24, 2.45) is 0 Å². The fourth-order valence-corrected chi connectivity index (χ4v) is 7.22. The van der Waals surface area contributed by atoms with Crippen molar-refractivity contribution in [3.63, 3.8) is 0 Å². The van der Waals surface area contributed by atoms with Gasteiger partial charge in [0.25, 0.3) is 5.91 Å². The van der Waals surface area contributed by atoms with Crippen LogP contribution in [0.5, 0.6) is 5.75 Å². The van der Waals surface area contributed by atoms with Crippen molar-refractivity contribution >= 4 is 32.1 Å². The fourth-order valence-electron chi connectivity index (χ4n) is 5.87. The Labute approximate surface area is 312 Å². The second-order valence-corrected chi connectivity index (χ2v) is 19.5. The minimum absolute atomic E-state index is 0.0707. The van der Waals surface area contributed by atoms with Crippen LogP contribution in [0.1, 0.15) is 75.2 Å². The van der Waals surface area contributed by atoms with Crippen LogP contribution in [0.4, 0.5) is 8.78 Å². The van der Waals surface area contributed by atoms with Gasteiger partial charge in [0.05, 0.1) is 32.4 Å². The average Bonchev–Trinajstić information content (AvgIpc) is 3.45. The number of carbonyl (C=O) groups is 3. The summed E-state index contributed by atoms with van der Waals surface area (Å²) >= 11 is 0. The predicted molar refractivity (Wildman–Crippen MR) is 207 cm³/mol. The summed E-state index contributed by atoms with van der Waals surface area (Å²) in [4.78, 5) is 40.5. The van der Waals surface area contributed by atoms with E-state index < -0.39 is 37.9 Å². The standard InChI is InChI=1S/C42H50F2N2O6Si/c1-27(2)46-36(22-20-32(47)23-34(25-37(48)51-7)52-53(8,9)42(3,4)5)38(29-15-18-31(43)19-16-29)39(28-13-11-10-12-14-28)40(46)41(49)45-26-30-17-21-33(50-6)24-35(30)44/h10-22,24,27,34H,23,25-26H2,1-9H3,(H,45,49)/b22-20+/t34-/m1/s1. The Morgan fingerprint density at radius 3 is 2.09 bits per heavy atom. The molecule has 0 aliphatic rings. The Kier molecular flexibility index (Phi) is 13.3. The number of amides is 1. The summed E-state index contributed by atoms with van der Waals surface area (Å²) in [5, 5.41) is 2.74. The number of esters is 1. The number of nitrogens with one attached hydrogen (secondary N) is 1. The number of nitrogens with zero attached hydrogens (tertiary/aromatic N) is 1. The van der Waals surface area contributed by atoms with Crippen molar-refractivity contribution in [2.75, 3.05) is 14.2 Å². The SMILES string of the molecule is COC(=O)C[C@@H](CC(=O)/C=C/c1c(-c2ccc(F)cc2)c(-c2ccccc2)c(C(=O)NCc2ccc(OC)cc2F)n1C(C)C)O[Si](C)(C)C(C)(C)C. The number of carbonyl (C=O) groups excluding carboxylic acids is 3. The minimum Gasteiger partial charge on any atom is -0.497 e. The predicted octanol–water partition coefficient (Wildman–Crippen LogP) is 9.55. The normalized spacial score (nSPS) is 12.6. The summed E-state index contributed by atoms with van der Waals surface area (Å²) < 4.78 is 47.6. The van der Waals surface area contributed by atoms with E-state index in [2.05, 4.69) is 39.2 Å². The van der Waals surface area contributed by atoms with Crippen molar-refractivity contribution in [1.29, 1.82) is 0 Å². The third kappa shape index (κ3) is 9.97. The Bertz CT molecular complexity index is 1950. The number of hydrogen-bond donors (Lipinski definition) is 1. The lowest BCUT2D eigenvalue weighted by molar-refractivity contribution is -0.142. The molecule has 4 rings (SSSR count). The van der Waals surface area contributed by atoms with Gasteiger partial charge in [-0.1, -0.05) is 69.3 Å². The molecule has 0 aliphatic carbocycles. The second kappa shape index (κ2) is 17.3. The number of allylic oxidation sites excluding steroid dienone is 1. The first-order valence-electron chi connectivity index (χ1n) is 17.6. The van der Waals surface area contributed by atoms with E-state index in [9.17, 15) is 23.2 Å². The van der Waals surface area contributed by atoms with Crippen LogP contribution in [-0.2, 0) is 25.3 Å². The highest BCUT2D eigenvalue weighted by atomic mass is 28.4. The molecule has 53 heavy (non-hydrogen) atoms. The molecule has 0 bridgehead atoms. The Hall–Kier alpha value is -4.87. The molecule has 11 heteroatoms. The van der Waals surface area contributed by atoms with E-state index in [0.717, 1.165) is 0 Å². The van der Waals surface area contributed by atoms with Crippen LogP contribution in [0.2, 0.25) is 18.1 Å². The number of ether oxygens (including phenoxy) is 2. The first-order valence-corrected chi connectivity index (χ1v) is 20.5. The summed E-state index contributed by atoms with van der Waals surface area (Å²) in [7, 11) is 0.378. The average molecular weight is 745 g/mol. The van der Waals surface area contributed by atoms with Crippen molar-refractivity contribution < 1.29 is 37.1 Å². The highest BCUT2D eigenvalue weighted by molar-refractivity contribution is 6.74. The van der Waals surface area contributed by atoms with E-state index in [1.54, 1.807) is 30.3 Å². The third-order valence-corrected chi connectivity index (χ3v) is 14.2. The molecular weight excluding hydrogens is 695 g/mol. The summed E-state index contributed by atoms with van der Waals surface area (Å²) in [5.41, 5.74) is 3.61. The fraction of sp³-hybridized carbons (Fsp3) is 0.357. The van der Waals surface area contributed by atoms with Gasteiger partial charge in [0.1, 0.15) is 23.1 Å². The molecule has 282 valence electrons. The maximum atomic E-state index is 14.9. The van der Waals surface area contributed by atoms with Crippen LogP contribution < -0.4 is 10.1 Å². The molecule has 0 aliphatic heterocycles. The van der Waals surface area contributed by atoms with Gasteiger partial charge in [-0.2, -0.15) is 0 Å². The van der Waals surface area contributed by atoms with Crippen LogP contribution in [0.15, 0.2) is 78.9 Å². The van der Waals surface area contributed by atoms with Gasteiger partial charge in [0, 0.05) is 41.8 Å². The monoisotopic (exact) mass is 744 g/mol. The lowest BCUT2D eigenvalue weighted by atomic mass is 9.94. The smallest absolute Gasteiger partial charge is 0.308 e. The summed E-state index contributed by atoms with van der Waals surface area (Å²) in [6, 6.07) is 19.4. The first kappa shape index (κ1) is 40.9. The van der Waals surface area contributed by atoms with Gasteiger partial charge < -0.3 is 23.8 Å². The molecule has 1 N–H and O–H groups in total. The van der Waals surface area contributed by atoms with Gasteiger partial charge in [-0.25, -0.2) is 8.78 Å². The molecule has 8 nitrogen and oxygen atoms in total. The number of ketones is 1. The Morgan fingerprint density at radius 1 is 0.887 bits per heavy atom. The van der Waals surface area contributed by atoms with Crippen molar-refractivity contribution in [3.8, 4) is 28.0 Å². The first-order chi connectivity index (χ1) is 25.0. The molecule has 1 aromatic heterocycles. The zero-order valence-corrected chi connectivity index (χ0v) is 33.0. The molecule has 0 unspecified atom stereocenters. The summed E-state index contributed by atoms with van der Waals surface area (Å²) in [5.74, 6) is -1.83. The van der Waals surface area contributed by atoms with Crippen LogP contribution in [0, 0.1) is 11.6 Å². The number of halogens is 2. The van der Waals surface area contributed by atoms with Crippen LogP contribution in [0.3, 0.4) is 0 Å². The van der Waals surface area contributed by atoms with Crippen LogP contribution in [-0.4, -0.2) is 50.9 Å². The molecule has 0 radical (unpaired) electrons. The maximum absolute atomic E-state index is 14.9. The van der Waals surface area contributed by atoms with E-state index in [1.165, 1.54) is 38.5 Å². The zero-order valence-electron chi connectivity index (χ0n) is 32.0. The Morgan fingerprint density at radius 2 is 1.53 bits per heavy atom. The van der Waals surface area contributed by atoms with Crippen LogP contribution >= 0.6 is 0 Å².